The molecule has 8 nitrogen and oxygen atoms in total. The van der Waals surface area contributed by atoms with Crippen LogP contribution >= 0.6 is 0 Å². The van der Waals surface area contributed by atoms with Crippen LogP contribution in [0.5, 0.6) is 0 Å². The molecule has 0 radical (unpaired) electrons. The summed E-state index contributed by atoms with van der Waals surface area (Å²) in [7, 11) is 0. The molecule has 0 saturated heterocycles. The van der Waals surface area contributed by atoms with E-state index in [1.54, 1.807) is 0 Å². The topological polar surface area (TPSA) is 73.8 Å². The Bertz CT molecular complexity index is 431. The molecule has 33 heavy (non-hydrogen) atoms. The van der Waals surface area contributed by atoms with E-state index in [0.29, 0.717) is 52.9 Å². The molecule has 192 valence electrons. The van der Waals surface area contributed by atoms with Gasteiger partial charge in [0, 0.05) is 0 Å². The lowest BCUT2D eigenvalue weighted by Crippen LogP contribution is -2.43. The van der Waals surface area contributed by atoms with Gasteiger partial charge in [0.05, 0.1) is 83.3 Å². The van der Waals surface area contributed by atoms with E-state index in [2.05, 4.69) is 26.3 Å². The Morgan fingerprint density at radius 1 is 0.485 bits per heavy atom. The number of hydrogen-bond acceptors (Lipinski definition) is 8. The molecule has 0 heterocycles. The SMILES string of the molecule is C=COC(C)COCC(COCC(C)OC=C)(COCC(C)OC=C)COCC(C)OC=C. The molecule has 0 spiro atoms. The second-order valence-corrected chi connectivity index (χ2v) is 8.01. The fourth-order valence-corrected chi connectivity index (χ4v) is 2.83. The summed E-state index contributed by atoms with van der Waals surface area (Å²) in [6.45, 7) is 24.8. The maximum atomic E-state index is 5.97. The molecule has 0 aliphatic carbocycles. The molecule has 0 fully saturated rings. The fourth-order valence-electron chi connectivity index (χ4n) is 2.83. The standard InChI is InChI=1S/C25H44O8/c1-9-30-21(5)13-26-17-25(18-27-14-22(6)31-10-2,19-28-15-23(7)32-11-3)20-29-16-24(8)33-12-4/h9-12,21-24H,1-4,13-20H2,5-8H3. The number of rotatable bonds is 24. The Morgan fingerprint density at radius 3 is 0.879 bits per heavy atom. The van der Waals surface area contributed by atoms with Crippen molar-refractivity contribution in [3.8, 4) is 0 Å². The number of ether oxygens (including phenoxy) is 8. The Morgan fingerprint density at radius 2 is 0.697 bits per heavy atom. The van der Waals surface area contributed by atoms with Gasteiger partial charge in [0.25, 0.3) is 0 Å². The zero-order chi connectivity index (χ0) is 25.0. The Hall–Kier alpha value is -2.00. The summed E-state index contributed by atoms with van der Waals surface area (Å²) >= 11 is 0. The summed E-state index contributed by atoms with van der Waals surface area (Å²) in [5.41, 5.74) is -0.580. The van der Waals surface area contributed by atoms with Gasteiger partial charge in [-0.1, -0.05) is 26.3 Å². The summed E-state index contributed by atoms with van der Waals surface area (Å²) in [6.07, 6.45) is 5.08. The van der Waals surface area contributed by atoms with Crippen LogP contribution < -0.4 is 0 Å². The van der Waals surface area contributed by atoms with E-state index in [9.17, 15) is 0 Å². The Labute approximate surface area is 200 Å². The van der Waals surface area contributed by atoms with Crippen LogP contribution in [-0.2, 0) is 37.9 Å². The van der Waals surface area contributed by atoms with Crippen LogP contribution in [-0.4, -0.2) is 77.3 Å². The second-order valence-electron chi connectivity index (χ2n) is 8.01. The van der Waals surface area contributed by atoms with Crippen molar-refractivity contribution in [2.45, 2.75) is 52.1 Å². The highest BCUT2D eigenvalue weighted by Gasteiger charge is 2.33. The molecule has 0 bridgehead atoms. The van der Waals surface area contributed by atoms with Crippen molar-refractivity contribution in [2.24, 2.45) is 5.41 Å². The van der Waals surface area contributed by atoms with Crippen molar-refractivity contribution < 1.29 is 37.9 Å². The fraction of sp³-hybridized carbons (Fsp3) is 0.680. The van der Waals surface area contributed by atoms with Gasteiger partial charge in [0.15, 0.2) is 0 Å². The Kier molecular flexibility index (Phi) is 18.3. The van der Waals surface area contributed by atoms with Gasteiger partial charge in [-0.15, -0.1) is 0 Å². The third-order valence-electron chi connectivity index (χ3n) is 4.36. The van der Waals surface area contributed by atoms with Crippen molar-refractivity contribution in [3.63, 3.8) is 0 Å². The molecule has 0 amide bonds. The predicted octanol–water partition coefficient (Wildman–Crippen LogP) is 4.23. The lowest BCUT2D eigenvalue weighted by Gasteiger charge is -2.34. The van der Waals surface area contributed by atoms with E-state index in [4.69, 9.17) is 37.9 Å². The van der Waals surface area contributed by atoms with Crippen LogP contribution in [0.1, 0.15) is 27.7 Å². The van der Waals surface area contributed by atoms with Crippen molar-refractivity contribution in [1.82, 2.24) is 0 Å². The van der Waals surface area contributed by atoms with E-state index in [0.717, 1.165) is 0 Å². The van der Waals surface area contributed by atoms with Gasteiger partial charge in [-0.25, -0.2) is 0 Å². The van der Waals surface area contributed by atoms with Crippen LogP contribution in [0.15, 0.2) is 51.4 Å². The van der Waals surface area contributed by atoms with Gasteiger partial charge in [0.2, 0.25) is 0 Å². The molecule has 0 aliphatic heterocycles. The molecule has 4 atom stereocenters. The molecule has 0 rings (SSSR count). The zero-order valence-electron chi connectivity index (χ0n) is 20.9. The lowest BCUT2D eigenvalue weighted by molar-refractivity contribution is -0.130. The molecule has 8 heteroatoms. The van der Waals surface area contributed by atoms with E-state index in [1.807, 2.05) is 27.7 Å². The molecule has 0 N–H and O–H groups in total. The Balaban J connectivity index is 5.24. The average Bonchev–Trinajstić information content (AvgIpc) is 2.74. The van der Waals surface area contributed by atoms with Gasteiger partial charge in [-0.05, 0) is 27.7 Å². The third kappa shape index (κ3) is 16.3. The maximum Gasteiger partial charge on any atom is 0.118 e. The van der Waals surface area contributed by atoms with Gasteiger partial charge >= 0.3 is 0 Å². The summed E-state index contributed by atoms with van der Waals surface area (Å²) in [4.78, 5) is 0. The molecule has 0 aromatic carbocycles. The van der Waals surface area contributed by atoms with Crippen molar-refractivity contribution in [1.29, 1.82) is 0 Å². The lowest BCUT2D eigenvalue weighted by atomic mass is 9.92. The van der Waals surface area contributed by atoms with E-state index >= 15 is 0 Å². The first kappa shape index (κ1) is 31.0. The van der Waals surface area contributed by atoms with Crippen LogP contribution in [0.3, 0.4) is 0 Å². The van der Waals surface area contributed by atoms with Crippen molar-refractivity contribution >= 4 is 0 Å². The minimum atomic E-state index is -0.580. The van der Waals surface area contributed by atoms with Crippen LogP contribution in [0.25, 0.3) is 0 Å². The van der Waals surface area contributed by atoms with Crippen LogP contribution in [0.2, 0.25) is 0 Å². The normalized spacial score (nSPS) is 16.4. The van der Waals surface area contributed by atoms with Gasteiger partial charge < -0.3 is 37.9 Å². The highest BCUT2D eigenvalue weighted by atomic mass is 16.6. The summed E-state index contributed by atoms with van der Waals surface area (Å²) in [5, 5.41) is 0. The molecule has 0 aromatic rings. The molecule has 4 unspecified atom stereocenters. The first-order valence-corrected chi connectivity index (χ1v) is 11.2. The predicted molar refractivity (Wildman–Crippen MR) is 129 cm³/mol. The molecule has 0 aromatic heterocycles. The van der Waals surface area contributed by atoms with E-state index in [-0.39, 0.29) is 24.4 Å². The molecule has 0 saturated carbocycles. The zero-order valence-corrected chi connectivity index (χ0v) is 20.9. The van der Waals surface area contributed by atoms with Crippen molar-refractivity contribution in [3.05, 3.63) is 51.4 Å². The second kappa shape index (κ2) is 19.5. The van der Waals surface area contributed by atoms with Gasteiger partial charge in [-0.3, -0.25) is 0 Å². The average molecular weight is 473 g/mol. The summed E-state index contributed by atoms with van der Waals surface area (Å²) < 4.78 is 45.3. The highest BCUT2D eigenvalue weighted by molar-refractivity contribution is 4.80. The monoisotopic (exact) mass is 472 g/mol. The van der Waals surface area contributed by atoms with E-state index in [1.165, 1.54) is 25.0 Å². The molecule has 0 aliphatic rings. The van der Waals surface area contributed by atoms with Gasteiger partial charge in [0.1, 0.15) is 24.4 Å². The summed E-state index contributed by atoms with van der Waals surface area (Å²) in [6, 6.07) is 0. The first-order valence-electron chi connectivity index (χ1n) is 11.2. The first-order chi connectivity index (χ1) is 15.8. The largest absolute Gasteiger partial charge is 0.497 e. The smallest absolute Gasteiger partial charge is 0.118 e. The quantitative estimate of drug-likeness (QED) is 0.193. The third-order valence-corrected chi connectivity index (χ3v) is 4.36. The number of hydrogen-bond donors (Lipinski definition) is 0. The minimum Gasteiger partial charge on any atom is -0.497 e. The van der Waals surface area contributed by atoms with Crippen LogP contribution in [0, 0.1) is 5.41 Å². The van der Waals surface area contributed by atoms with Gasteiger partial charge in [-0.2, -0.15) is 0 Å². The molecular formula is C25H44O8. The minimum absolute atomic E-state index is 0.133. The summed E-state index contributed by atoms with van der Waals surface area (Å²) in [5.74, 6) is 0. The van der Waals surface area contributed by atoms with Crippen molar-refractivity contribution in [2.75, 3.05) is 52.9 Å². The highest BCUT2D eigenvalue weighted by Crippen LogP contribution is 2.22. The molecular weight excluding hydrogens is 428 g/mol. The maximum absolute atomic E-state index is 5.97. The van der Waals surface area contributed by atoms with E-state index < -0.39 is 5.41 Å². The van der Waals surface area contributed by atoms with Crippen LogP contribution in [0.4, 0.5) is 0 Å².